The smallest absolute Gasteiger partial charge is 0.254 e. The summed E-state index contributed by atoms with van der Waals surface area (Å²) in [6.45, 7) is 2.45. The van der Waals surface area contributed by atoms with Crippen LogP contribution in [0, 0.1) is 6.92 Å². The van der Waals surface area contributed by atoms with Crippen molar-refractivity contribution in [3.05, 3.63) is 54.0 Å². The molecule has 0 spiro atoms. The molecule has 6 nitrogen and oxygen atoms in total. The van der Waals surface area contributed by atoms with Gasteiger partial charge in [-0.25, -0.2) is 9.97 Å². The van der Waals surface area contributed by atoms with Crippen LogP contribution >= 0.6 is 0 Å². The van der Waals surface area contributed by atoms with Gasteiger partial charge in [0.25, 0.3) is 5.91 Å². The van der Waals surface area contributed by atoms with Crippen LogP contribution in [0.3, 0.4) is 0 Å². The molecular weight excluding hydrogens is 266 g/mol. The highest BCUT2D eigenvalue weighted by molar-refractivity contribution is 5.94. The molecule has 0 N–H and O–H groups in total. The third-order valence-electron chi connectivity index (χ3n) is 3.59. The summed E-state index contributed by atoms with van der Waals surface area (Å²) < 4.78 is 3.86. The molecule has 108 valence electrons. The highest BCUT2D eigenvalue weighted by Gasteiger charge is 2.15. The second-order valence-electron chi connectivity index (χ2n) is 5.16. The van der Waals surface area contributed by atoms with Gasteiger partial charge in [-0.1, -0.05) is 0 Å². The van der Waals surface area contributed by atoms with Gasteiger partial charge in [-0.05, 0) is 19.1 Å². The monoisotopic (exact) mass is 283 g/mol. The zero-order chi connectivity index (χ0) is 15.0. The van der Waals surface area contributed by atoms with Crippen molar-refractivity contribution in [1.29, 1.82) is 0 Å². The average Bonchev–Trinajstić information content (AvgIpc) is 3.05. The van der Waals surface area contributed by atoms with Crippen LogP contribution in [0.15, 0.2) is 36.9 Å². The Morgan fingerprint density at radius 1 is 1.33 bits per heavy atom. The maximum Gasteiger partial charge on any atom is 0.254 e. The van der Waals surface area contributed by atoms with E-state index in [0.29, 0.717) is 12.1 Å². The van der Waals surface area contributed by atoms with E-state index in [1.54, 1.807) is 24.3 Å². The fourth-order valence-corrected chi connectivity index (χ4v) is 2.29. The summed E-state index contributed by atoms with van der Waals surface area (Å²) in [6.07, 6.45) is 7.26. The van der Waals surface area contributed by atoms with Gasteiger partial charge in [0.15, 0.2) is 0 Å². The van der Waals surface area contributed by atoms with Crippen LogP contribution in [0.1, 0.15) is 21.9 Å². The maximum absolute atomic E-state index is 12.5. The number of carbonyl (C=O) groups is 1. The van der Waals surface area contributed by atoms with Gasteiger partial charge in [0.1, 0.15) is 11.5 Å². The van der Waals surface area contributed by atoms with Crippen LogP contribution in [0.25, 0.3) is 5.65 Å². The highest BCUT2D eigenvalue weighted by Crippen LogP contribution is 2.11. The van der Waals surface area contributed by atoms with Crippen molar-refractivity contribution in [3.63, 3.8) is 0 Å². The number of aryl methyl sites for hydroxylation is 2. The molecule has 0 aliphatic heterocycles. The lowest BCUT2D eigenvalue weighted by atomic mass is 10.2. The SMILES string of the molecule is Cc1cnc2cc(C(=O)N(C)Cc3nccn3C)ccn12. The molecule has 1 amide bonds. The lowest BCUT2D eigenvalue weighted by Crippen LogP contribution is -2.27. The molecule has 0 fully saturated rings. The number of pyridine rings is 1. The lowest BCUT2D eigenvalue weighted by molar-refractivity contribution is 0.0780. The van der Waals surface area contributed by atoms with Gasteiger partial charge in [0, 0.05) is 50.1 Å². The summed E-state index contributed by atoms with van der Waals surface area (Å²) in [7, 11) is 3.69. The molecule has 0 aliphatic carbocycles. The molecule has 0 bridgehead atoms. The van der Waals surface area contributed by atoms with E-state index in [9.17, 15) is 4.79 Å². The normalized spacial score (nSPS) is 11.0. The van der Waals surface area contributed by atoms with Crippen molar-refractivity contribution in [2.24, 2.45) is 7.05 Å². The van der Waals surface area contributed by atoms with Crippen molar-refractivity contribution < 1.29 is 4.79 Å². The zero-order valence-electron chi connectivity index (χ0n) is 12.3. The fourth-order valence-electron chi connectivity index (χ4n) is 2.29. The van der Waals surface area contributed by atoms with Crippen LogP contribution in [-0.4, -0.2) is 36.8 Å². The predicted molar refractivity (Wildman–Crippen MR) is 78.9 cm³/mol. The topological polar surface area (TPSA) is 55.4 Å². The molecule has 6 heteroatoms. The number of hydrogen-bond acceptors (Lipinski definition) is 3. The van der Waals surface area contributed by atoms with Crippen LogP contribution in [0.4, 0.5) is 0 Å². The molecule has 0 atom stereocenters. The number of imidazole rings is 2. The van der Waals surface area contributed by atoms with E-state index < -0.39 is 0 Å². The molecule has 3 rings (SSSR count). The minimum absolute atomic E-state index is 0.0406. The number of fused-ring (bicyclic) bond motifs is 1. The molecule has 0 aromatic carbocycles. The van der Waals surface area contributed by atoms with Gasteiger partial charge in [0.2, 0.25) is 0 Å². The standard InChI is InChI=1S/C15H17N5O/c1-11-9-17-13-8-12(4-6-20(11)13)15(21)19(3)10-14-16-5-7-18(14)2/h4-9H,10H2,1-3H3. The van der Waals surface area contributed by atoms with Crippen LogP contribution in [0.2, 0.25) is 0 Å². The summed E-state index contributed by atoms with van der Waals surface area (Å²) in [5.41, 5.74) is 2.46. The second-order valence-corrected chi connectivity index (χ2v) is 5.16. The average molecular weight is 283 g/mol. The van der Waals surface area contributed by atoms with Gasteiger partial charge >= 0.3 is 0 Å². The summed E-state index contributed by atoms with van der Waals surface area (Å²) in [5.74, 6) is 0.810. The number of carbonyl (C=O) groups excluding carboxylic acids is 1. The van der Waals surface area contributed by atoms with Gasteiger partial charge in [-0.3, -0.25) is 4.79 Å². The Hall–Kier alpha value is -2.63. The Kier molecular flexibility index (Phi) is 3.21. The van der Waals surface area contributed by atoms with Crippen molar-refractivity contribution in [1.82, 2.24) is 23.8 Å². The molecule has 0 saturated carbocycles. The first kappa shape index (κ1) is 13.4. The van der Waals surface area contributed by atoms with Gasteiger partial charge in [0.05, 0.1) is 6.54 Å². The van der Waals surface area contributed by atoms with Gasteiger partial charge < -0.3 is 13.9 Å². The Bertz CT molecular complexity index is 801. The molecule has 3 aromatic heterocycles. The number of hydrogen-bond donors (Lipinski definition) is 0. The van der Waals surface area contributed by atoms with Crippen molar-refractivity contribution >= 4 is 11.6 Å². The Labute approximate surface area is 122 Å². The maximum atomic E-state index is 12.5. The molecule has 0 aliphatic rings. The van der Waals surface area contributed by atoms with Crippen LogP contribution in [0.5, 0.6) is 0 Å². The van der Waals surface area contributed by atoms with E-state index in [4.69, 9.17) is 0 Å². The first-order valence-electron chi connectivity index (χ1n) is 6.71. The van der Waals surface area contributed by atoms with E-state index >= 15 is 0 Å². The fraction of sp³-hybridized carbons (Fsp3) is 0.267. The number of aromatic nitrogens is 4. The Morgan fingerprint density at radius 3 is 2.86 bits per heavy atom. The van der Waals surface area contributed by atoms with E-state index in [1.807, 2.05) is 47.5 Å². The molecule has 0 unspecified atom stereocenters. The summed E-state index contributed by atoms with van der Waals surface area (Å²) >= 11 is 0. The summed E-state index contributed by atoms with van der Waals surface area (Å²) in [6, 6.07) is 3.63. The number of amides is 1. The third kappa shape index (κ3) is 2.40. The lowest BCUT2D eigenvalue weighted by Gasteiger charge is -2.17. The number of nitrogens with zero attached hydrogens (tertiary/aromatic N) is 5. The minimum Gasteiger partial charge on any atom is -0.337 e. The van der Waals surface area contributed by atoms with Gasteiger partial charge in [-0.2, -0.15) is 0 Å². The van der Waals surface area contributed by atoms with Crippen LogP contribution in [-0.2, 0) is 13.6 Å². The first-order chi connectivity index (χ1) is 10.1. The predicted octanol–water partition coefficient (Wildman–Crippen LogP) is 1.65. The van der Waals surface area contributed by atoms with Crippen molar-refractivity contribution in [2.45, 2.75) is 13.5 Å². The second kappa shape index (κ2) is 5.05. The quantitative estimate of drug-likeness (QED) is 0.734. The largest absolute Gasteiger partial charge is 0.337 e. The third-order valence-corrected chi connectivity index (χ3v) is 3.59. The zero-order valence-corrected chi connectivity index (χ0v) is 12.3. The summed E-state index contributed by atoms with van der Waals surface area (Å²) in [5, 5.41) is 0. The van der Waals surface area contributed by atoms with E-state index in [0.717, 1.165) is 17.2 Å². The first-order valence-corrected chi connectivity index (χ1v) is 6.71. The van der Waals surface area contributed by atoms with E-state index in [1.165, 1.54) is 0 Å². The minimum atomic E-state index is -0.0406. The van der Waals surface area contributed by atoms with E-state index in [2.05, 4.69) is 9.97 Å². The Balaban J connectivity index is 1.84. The van der Waals surface area contributed by atoms with Crippen molar-refractivity contribution in [3.8, 4) is 0 Å². The molecule has 21 heavy (non-hydrogen) atoms. The highest BCUT2D eigenvalue weighted by atomic mass is 16.2. The van der Waals surface area contributed by atoms with Crippen molar-refractivity contribution in [2.75, 3.05) is 7.05 Å². The number of rotatable bonds is 3. The summed E-state index contributed by atoms with van der Waals surface area (Å²) in [4.78, 5) is 22.7. The molecular formula is C15H17N5O. The Morgan fingerprint density at radius 2 is 2.14 bits per heavy atom. The van der Waals surface area contributed by atoms with Crippen LogP contribution < -0.4 is 0 Å². The molecule has 0 saturated heterocycles. The molecule has 3 heterocycles. The van der Waals surface area contributed by atoms with Gasteiger partial charge in [-0.15, -0.1) is 0 Å². The van der Waals surface area contributed by atoms with E-state index in [-0.39, 0.29) is 5.91 Å². The molecule has 0 radical (unpaired) electrons. The molecule has 3 aromatic rings.